The number of methoxy groups -OCH3 is 1. The van der Waals surface area contributed by atoms with Crippen LogP contribution in [-0.4, -0.2) is 55.0 Å². The molecule has 0 radical (unpaired) electrons. The van der Waals surface area contributed by atoms with Crippen LogP contribution in [0.15, 0.2) is 48.5 Å². The molecule has 1 atom stereocenters. The first kappa shape index (κ1) is 27.2. The van der Waals surface area contributed by atoms with Crippen molar-refractivity contribution in [3.8, 4) is 5.75 Å². The summed E-state index contributed by atoms with van der Waals surface area (Å²) in [6.45, 7) is 10.7. The van der Waals surface area contributed by atoms with Gasteiger partial charge in [0.15, 0.2) is 0 Å². The molecular formula is C24H35Cl2N3O2. The number of nitrogens with one attached hydrogen (secondary N) is 1. The van der Waals surface area contributed by atoms with E-state index in [1.807, 2.05) is 41.3 Å². The van der Waals surface area contributed by atoms with E-state index in [1.165, 1.54) is 5.56 Å². The van der Waals surface area contributed by atoms with Crippen LogP contribution in [0.1, 0.15) is 48.3 Å². The molecule has 1 heterocycles. The van der Waals surface area contributed by atoms with Crippen molar-refractivity contribution < 1.29 is 9.53 Å². The number of rotatable bonds is 7. The van der Waals surface area contributed by atoms with Gasteiger partial charge in [-0.25, -0.2) is 0 Å². The minimum absolute atomic E-state index is 0. The second-order valence-electron chi connectivity index (χ2n) is 7.81. The Bertz CT molecular complexity index is 815. The molecule has 1 fully saturated rings. The van der Waals surface area contributed by atoms with Crippen molar-refractivity contribution in [2.75, 3.05) is 33.3 Å². The Balaban J connectivity index is 0.00000240. The number of carbonyl (C=O) groups excluding carboxylic acids is 1. The van der Waals surface area contributed by atoms with Crippen LogP contribution in [0.25, 0.3) is 0 Å². The Morgan fingerprint density at radius 3 is 2.45 bits per heavy atom. The second kappa shape index (κ2) is 12.9. The van der Waals surface area contributed by atoms with E-state index in [1.54, 1.807) is 7.11 Å². The van der Waals surface area contributed by atoms with Gasteiger partial charge in [-0.1, -0.05) is 37.3 Å². The van der Waals surface area contributed by atoms with Crippen molar-refractivity contribution in [1.82, 2.24) is 15.1 Å². The summed E-state index contributed by atoms with van der Waals surface area (Å²) in [7, 11) is 1.68. The van der Waals surface area contributed by atoms with E-state index in [0.29, 0.717) is 12.6 Å². The summed E-state index contributed by atoms with van der Waals surface area (Å²) in [6.07, 6.45) is 0. The molecular weight excluding hydrogens is 433 g/mol. The van der Waals surface area contributed by atoms with Gasteiger partial charge in [0.2, 0.25) is 0 Å². The van der Waals surface area contributed by atoms with Crippen LogP contribution >= 0.6 is 24.8 Å². The number of piperazine rings is 1. The molecule has 1 amide bonds. The fraction of sp³-hybridized carbons (Fsp3) is 0.458. The quantitative estimate of drug-likeness (QED) is 0.648. The third-order valence-electron chi connectivity index (χ3n) is 5.73. The van der Waals surface area contributed by atoms with Crippen LogP contribution < -0.4 is 10.1 Å². The molecule has 0 aliphatic carbocycles. The van der Waals surface area contributed by atoms with E-state index >= 15 is 0 Å². The lowest BCUT2D eigenvalue weighted by atomic mass is 10.0. The lowest BCUT2D eigenvalue weighted by molar-refractivity contribution is 0.0631. The summed E-state index contributed by atoms with van der Waals surface area (Å²) in [5.74, 6) is 0.896. The average Bonchev–Trinajstić information content (AvgIpc) is 2.77. The normalized spacial score (nSPS) is 15.9. The molecule has 7 heteroatoms. The van der Waals surface area contributed by atoms with Gasteiger partial charge in [-0.15, -0.1) is 24.8 Å². The summed E-state index contributed by atoms with van der Waals surface area (Å²) >= 11 is 0. The smallest absolute Gasteiger partial charge is 0.254 e. The maximum atomic E-state index is 13.3. The van der Waals surface area contributed by atoms with E-state index in [0.717, 1.165) is 43.1 Å². The van der Waals surface area contributed by atoms with Gasteiger partial charge in [0.05, 0.1) is 13.2 Å². The molecule has 1 saturated heterocycles. The van der Waals surface area contributed by atoms with Crippen LogP contribution in [0.5, 0.6) is 5.75 Å². The number of hydrogen-bond donors (Lipinski definition) is 1. The zero-order valence-corrected chi connectivity index (χ0v) is 20.5. The van der Waals surface area contributed by atoms with Gasteiger partial charge in [-0.3, -0.25) is 9.69 Å². The molecule has 2 aromatic rings. The Morgan fingerprint density at radius 1 is 1.16 bits per heavy atom. The lowest BCUT2D eigenvalue weighted by Crippen LogP contribution is -2.48. The van der Waals surface area contributed by atoms with Crippen LogP contribution in [0.3, 0.4) is 0 Å². The fourth-order valence-corrected chi connectivity index (χ4v) is 3.98. The average molecular weight is 468 g/mol. The van der Waals surface area contributed by atoms with Crippen LogP contribution in [0.2, 0.25) is 0 Å². The molecule has 31 heavy (non-hydrogen) atoms. The van der Waals surface area contributed by atoms with Crippen molar-refractivity contribution in [3.63, 3.8) is 0 Å². The predicted octanol–water partition coefficient (Wildman–Crippen LogP) is 4.56. The number of halogens is 2. The minimum atomic E-state index is -0.0383. The molecule has 0 aromatic heterocycles. The third-order valence-corrected chi connectivity index (χ3v) is 5.73. The van der Waals surface area contributed by atoms with Crippen LogP contribution in [0, 0.1) is 0 Å². The first-order valence-electron chi connectivity index (χ1n) is 10.5. The molecule has 0 spiro atoms. The van der Waals surface area contributed by atoms with Crippen LogP contribution in [0.4, 0.5) is 0 Å². The monoisotopic (exact) mass is 467 g/mol. The number of ether oxygens (including phenoxy) is 1. The zero-order chi connectivity index (χ0) is 20.8. The van der Waals surface area contributed by atoms with Gasteiger partial charge >= 0.3 is 0 Å². The van der Waals surface area contributed by atoms with E-state index < -0.39 is 0 Å². The zero-order valence-electron chi connectivity index (χ0n) is 18.8. The molecule has 5 nitrogen and oxygen atoms in total. The van der Waals surface area contributed by atoms with Gasteiger partial charge in [0, 0.05) is 43.3 Å². The van der Waals surface area contributed by atoms with E-state index in [9.17, 15) is 4.79 Å². The molecule has 0 saturated carbocycles. The van der Waals surface area contributed by atoms with Crippen molar-refractivity contribution in [2.45, 2.75) is 39.4 Å². The van der Waals surface area contributed by atoms with Gasteiger partial charge in [-0.05, 0) is 44.2 Å². The highest BCUT2D eigenvalue weighted by Gasteiger charge is 2.30. The van der Waals surface area contributed by atoms with Gasteiger partial charge in [0.1, 0.15) is 5.75 Å². The summed E-state index contributed by atoms with van der Waals surface area (Å²) in [5, 5.41) is 3.41. The minimum Gasteiger partial charge on any atom is -0.496 e. The summed E-state index contributed by atoms with van der Waals surface area (Å²) in [6, 6.07) is 16.5. The lowest BCUT2D eigenvalue weighted by Gasteiger charge is -2.37. The van der Waals surface area contributed by atoms with E-state index in [4.69, 9.17) is 4.74 Å². The number of carbonyl (C=O) groups is 1. The first-order chi connectivity index (χ1) is 14.0. The largest absolute Gasteiger partial charge is 0.496 e. The number of amides is 1. The molecule has 172 valence electrons. The highest BCUT2D eigenvalue weighted by Crippen LogP contribution is 2.31. The van der Waals surface area contributed by atoms with E-state index in [-0.39, 0.29) is 36.8 Å². The van der Waals surface area contributed by atoms with Crippen molar-refractivity contribution in [2.24, 2.45) is 0 Å². The molecule has 1 unspecified atom stereocenters. The summed E-state index contributed by atoms with van der Waals surface area (Å²) in [5.41, 5.74) is 3.02. The maximum Gasteiger partial charge on any atom is 0.254 e. The number of para-hydroxylation sites is 1. The summed E-state index contributed by atoms with van der Waals surface area (Å²) in [4.78, 5) is 17.7. The maximum absolute atomic E-state index is 13.3. The van der Waals surface area contributed by atoms with Crippen LogP contribution in [-0.2, 0) is 6.54 Å². The Morgan fingerprint density at radius 2 is 1.84 bits per heavy atom. The number of hydrogen-bond acceptors (Lipinski definition) is 4. The molecule has 2 aromatic carbocycles. The SMILES string of the molecule is CCN(Cc1ccc(C(=O)N2CCNCC2c2ccccc2OC)cc1)C(C)C.Cl.Cl. The molecule has 1 aliphatic heterocycles. The summed E-state index contributed by atoms with van der Waals surface area (Å²) < 4.78 is 5.54. The van der Waals surface area contributed by atoms with Gasteiger partial charge < -0.3 is 15.0 Å². The third kappa shape index (κ3) is 6.59. The molecule has 1 aliphatic rings. The Labute approximate surface area is 199 Å². The topological polar surface area (TPSA) is 44.8 Å². The Hall–Kier alpha value is -1.79. The predicted molar refractivity (Wildman–Crippen MR) is 132 cm³/mol. The molecule has 0 bridgehead atoms. The fourth-order valence-electron chi connectivity index (χ4n) is 3.98. The van der Waals surface area contributed by atoms with Gasteiger partial charge in [-0.2, -0.15) is 0 Å². The Kier molecular flexibility index (Phi) is 11.4. The van der Waals surface area contributed by atoms with E-state index in [2.05, 4.69) is 43.1 Å². The van der Waals surface area contributed by atoms with Gasteiger partial charge in [0.25, 0.3) is 5.91 Å². The first-order valence-corrected chi connectivity index (χ1v) is 10.5. The van der Waals surface area contributed by atoms with Crippen molar-refractivity contribution >= 4 is 30.7 Å². The van der Waals surface area contributed by atoms with Crippen molar-refractivity contribution in [3.05, 3.63) is 65.2 Å². The highest BCUT2D eigenvalue weighted by atomic mass is 35.5. The number of nitrogens with zero attached hydrogens (tertiary/aromatic N) is 2. The second-order valence-corrected chi connectivity index (χ2v) is 7.81. The molecule has 1 N–H and O–H groups in total. The molecule has 3 rings (SSSR count). The van der Waals surface area contributed by atoms with Crippen molar-refractivity contribution in [1.29, 1.82) is 0 Å². The standard InChI is InChI=1S/C24H33N3O2.2ClH/c1-5-26(18(2)3)17-19-10-12-20(13-11-19)24(28)27-15-14-25-16-22(27)21-8-6-7-9-23(21)29-4;;/h6-13,18,22,25H,5,14-17H2,1-4H3;2*1H. The highest BCUT2D eigenvalue weighted by molar-refractivity contribution is 5.94. The number of benzene rings is 2.